The van der Waals surface area contributed by atoms with Crippen LogP contribution < -0.4 is 24.3 Å². The highest BCUT2D eigenvalue weighted by atomic mass is 16.5. The van der Waals surface area contributed by atoms with Gasteiger partial charge in [0.25, 0.3) is 0 Å². The quantitative estimate of drug-likeness (QED) is 0.0778. The zero-order valence-electron chi connectivity index (χ0n) is 41.4. The highest BCUT2D eigenvalue weighted by Crippen LogP contribution is 2.31. The van der Waals surface area contributed by atoms with E-state index in [9.17, 15) is 0 Å². The van der Waals surface area contributed by atoms with Gasteiger partial charge in [0.1, 0.15) is 42.8 Å². The van der Waals surface area contributed by atoms with Crippen LogP contribution in [0.3, 0.4) is 0 Å². The molecular formula is C68H59NO4. The molecule has 360 valence electrons. The molecule has 0 heterocycles. The normalized spacial score (nSPS) is 12.0. The molecule has 0 amide bonds. The van der Waals surface area contributed by atoms with Gasteiger partial charge in [-0.25, -0.2) is 0 Å². The topological polar surface area (TPSA) is 49.0 Å². The van der Waals surface area contributed by atoms with Gasteiger partial charge in [0, 0.05) is 17.5 Å². The lowest BCUT2D eigenvalue weighted by Gasteiger charge is -2.13. The molecule has 9 aromatic rings. The molecule has 0 fully saturated rings. The number of anilines is 1. The van der Waals surface area contributed by atoms with Crippen molar-refractivity contribution in [2.24, 2.45) is 0 Å². The summed E-state index contributed by atoms with van der Waals surface area (Å²) in [6.07, 6.45) is 8.51. The van der Waals surface area contributed by atoms with E-state index in [4.69, 9.17) is 18.9 Å². The minimum absolute atomic E-state index is 0.389. The Labute approximate surface area is 430 Å². The summed E-state index contributed by atoms with van der Waals surface area (Å²) in [4.78, 5) is 0. The summed E-state index contributed by atoms with van der Waals surface area (Å²) in [7, 11) is 0. The Balaban J connectivity index is 0.854. The third kappa shape index (κ3) is 13.6. The van der Waals surface area contributed by atoms with E-state index in [0.717, 1.165) is 95.5 Å². The molecule has 0 unspecified atom stereocenters. The molecule has 0 aliphatic rings. The molecular weight excluding hydrogens is 895 g/mol. The van der Waals surface area contributed by atoms with Crippen LogP contribution in [-0.2, 0) is 0 Å². The lowest BCUT2D eigenvalue weighted by Crippen LogP contribution is -1.99. The standard InChI is InChI=1S/C68H59NO4/c1-3-70-61-35-27-56(28-36-61)65(52-18-8-4-9-19-52)43-46-71-62-37-29-57(30-38-62)66(53-20-10-5-11-21-53)44-47-72-63-39-31-58(32-40-63)67(54-22-12-6-13-23-54)45-48-73-64-41-33-59(34-42-64)68(55-24-14-7-15-25-55)50-69-60-26-16-17-51(2)49-60/h4-45,49-50,69H,3,46-48H2,1-2H3/b65-43-,66-44-,67-45-,68-50?. The number of aryl methyl sites for hydroxylation is 1. The first-order valence-corrected chi connectivity index (χ1v) is 24.8. The van der Waals surface area contributed by atoms with Crippen LogP contribution >= 0.6 is 0 Å². The molecule has 5 heteroatoms. The molecule has 5 nitrogen and oxygen atoms in total. The van der Waals surface area contributed by atoms with Gasteiger partial charge in [-0.1, -0.05) is 182 Å². The second kappa shape index (κ2) is 25.2. The summed E-state index contributed by atoms with van der Waals surface area (Å²) in [5.41, 5.74) is 15.4. The van der Waals surface area contributed by atoms with Crippen molar-refractivity contribution in [2.45, 2.75) is 13.8 Å². The molecule has 0 saturated carbocycles. The van der Waals surface area contributed by atoms with Gasteiger partial charge in [0.05, 0.1) is 6.61 Å². The van der Waals surface area contributed by atoms with Crippen molar-refractivity contribution in [3.63, 3.8) is 0 Å². The van der Waals surface area contributed by atoms with Crippen molar-refractivity contribution >= 4 is 28.0 Å². The molecule has 0 saturated heterocycles. The van der Waals surface area contributed by atoms with Crippen molar-refractivity contribution in [3.05, 3.63) is 317 Å². The molecule has 0 atom stereocenters. The van der Waals surface area contributed by atoms with Gasteiger partial charge < -0.3 is 24.3 Å². The summed E-state index contributed by atoms with van der Waals surface area (Å²) < 4.78 is 24.7. The van der Waals surface area contributed by atoms with Crippen molar-refractivity contribution in [1.29, 1.82) is 0 Å². The maximum absolute atomic E-state index is 6.38. The van der Waals surface area contributed by atoms with E-state index in [1.807, 2.05) is 79.7 Å². The summed E-state index contributed by atoms with van der Waals surface area (Å²) >= 11 is 0. The molecule has 0 radical (unpaired) electrons. The highest BCUT2D eigenvalue weighted by Gasteiger charge is 2.11. The fourth-order valence-corrected chi connectivity index (χ4v) is 8.65. The Hall–Kier alpha value is -9.06. The fourth-order valence-electron chi connectivity index (χ4n) is 8.65. The van der Waals surface area contributed by atoms with E-state index in [2.05, 4.69) is 207 Å². The molecule has 9 rings (SSSR count). The second-order valence-electron chi connectivity index (χ2n) is 17.4. The van der Waals surface area contributed by atoms with Crippen LogP contribution in [0.4, 0.5) is 5.69 Å². The van der Waals surface area contributed by atoms with E-state index in [0.29, 0.717) is 26.4 Å². The van der Waals surface area contributed by atoms with Crippen LogP contribution in [-0.4, -0.2) is 26.4 Å². The SMILES string of the molecule is CCOc1ccc(/C(=C\COc2ccc(/C(=C\COc3ccc(/C(=C\COc4ccc(C(=CNc5cccc(C)c5)c5ccccc5)cc4)c4ccccc4)cc3)c3ccccc3)cc2)c2ccccc2)cc1. The monoisotopic (exact) mass is 953 g/mol. The van der Waals surface area contributed by atoms with Crippen LogP contribution in [0.5, 0.6) is 23.0 Å². The molecule has 0 aliphatic heterocycles. The van der Waals surface area contributed by atoms with Crippen molar-refractivity contribution in [2.75, 3.05) is 31.7 Å². The minimum Gasteiger partial charge on any atom is -0.494 e. The third-order valence-electron chi connectivity index (χ3n) is 12.3. The number of hydrogen-bond acceptors (Lipinski definition) is 5. The molecule has 0 aliphatic carbocycles. The van der Waals surface area contributed by atoms with Gasteiger partial charge in [-0.05, 0) is 160 Å². The van der Waals surface area contributed by atoms with E-state index in [-0.39, 0.29) is 0 Å². The zero-order chi connectivity index (χ0) is 49.9. The van der Waals surface area contributed by atoms with E-state index in [1.165, 1.54) is 5.56 Å². The van der Waals surface area contributed by atoms with Gasteiger partial charge in [0.2, 0.25) is 0 Å². The number of ether oxygens (including phenoxy) is 4. The van der Waals surface area contributed by atoms with Gasteiger partial charge in [-0.15, -0.1) is 0 Å². The van der Waals surface area contributed by atoms with Crippen molar-refractivity contribution < 1.29 is 18.9 Å². The summed E-state index contributed by atoms with van der Waals surface area (Å²) in [5.74, 6) is 3.23. The van der Waals surface area contributed by atoms with E-state index >= 15 is 0 Å². The summed E-state index contributed by atoms with van der Waals surface area (Å²) in [6, 6.07) is 83.2. The number of nitrogens with one attached hydrogen (secondary N) is 1. The molecule has 0 bridgehead atoms. The minimum atomic E-state index is 0.389. The van der Waals surface area contributed by atoms with Crippen molar-refractivity contribution in [1.82, 2.24) is 0 Å². The number of hydrogen-bond donors (Lipinski definition) is 1. The Morgan fingerprint density at radius 3 is 0.959 bits per heavy atom. The Bertz CT molecular complexity index is 3250. The molecule has 9 aromatic carbocycles. The van der Waals surface area contributed by atoms with Gasteiger partial charge in [-0.2, -0.15) is 0 Å². The number of rotatable bonds is 21. The molecule has 73 heavy (non-hydrogen) atoms. The average molecular weight is 954 g/mol. The van der Waals surface area contributed by atoms with Crippen LogP contribution in [0.2, 0.25) is 0 Å². The Morgan fingerprint density at radius 1 is 0.329 bits per heavy atom. The fraction of sp³-hybridized carbons (Fsp3) is 0.0882. The van der Waals surface area contributed by atoms with Crippen molar-refractivity contribution in [3.8, 4) is 23.0 Å². The summed E-state index contributed by atoms with van der Waals surface area (Å²) in [5, 5.41) is 3.50. The maximum Gasteiger partial charge on any atom is 0.119 e. The molecule has 0 aromatic heterocycles. The highest BCUT2D eigenvalue weighted by molar-refractivity contribution is 5.83. The van der Waals surface area contributed by atoms with Crippen LogP contribution in [0, 0.1) is 6.92 Å². The first-order chi connectivity index (χ1) is 36.1. The third-order valence-corrected chi connectivity index (χ3v) is 12.3. The lowest BCUT2D eigenvalue weighted by atomic mass is 9.97. The first-order valence-electron chi connectivity index (χ1n) is 24.8. The van der Waals surface area contributed by atoms with Crippen LogP contribution in [0.1, 0.15) is 57.0 Å². The number of benzene rings is 9. The average Bonchev–Trinajstić information content (AvgIpc) is 3.45. The van der Waals surface area contributed by atoms with E-state index < -0.39 is 0 Å². The predicted octanol–water partition coefficient (Wildman–Crippen LogP) is 16.4. The van der Waals surface area contributed by atoms with Gasteiger partial charge >= 0.3 is 0 Å². The summed E-state index contributed by atoms with van der Waals surface area (Å²) in [6.45, 7) is 5.93. The maximum atomic E-state index is 6.38. The predicted molar refractivity (Wildman–Crippen MR) is 302 cm³/mol. The molecule has 1 N–H and O–H groups in total. The zero-order valence-corrected chi connectivity index (χ0v) is 41.4. The molecule has 0 spiro atoms. The van der Waals surface area contributed by atoms with Gasteiger partial charge in [-0.3, -0.25) is 0 Å². The Kier molecular flexibility index (Phi) is 16.9. The van der Waals surface area contributed by atoms with Gasteiger partial charge in [0.15, 0.2) is 0 Å². The van der Waals surface area contributed by atoms with E-state index in [1.54, 1.807) is 0 Å². The lowest BCUT2D eigenvalue weighted by molar-refractivity contribution is 0.340. The smallest absolute Gasteiger partial charge is 0.119 e. The largest absolute Gasteiger partial charge is 0.494 e. The Morgan fingerprint density at radius 2 is 0.630 bits per heavy atom. The van der Waals surface area contributed by atoms with Crippen LogP contribution in [0.25, 0.3) is 22.3 Å². The van der Waals surface area contributed by atoms with Crippen LogP contribution in [0.15, 0.2) is 267 Å². The first kappa shape index (κ1) is 48.9. The second-order valence-corrected chi connectivity index (χ2v) is 17.4.